The van der Waals surface area contributed by atoms with Gasteiger partial charge in [-0.2, -0.15) is 0 Å². The summed E-state index contributed by atoms with van der Waals surface area (Å²) in [5, 5.41) is 41.0. The second kappa shape index (κ2) is 29.3. The zero-order chi connectivity index (χ0) is 55.4. The Hall–Kier alpha value is -7.24. The number of nitrogens with two attached hydrogens (primary N) is 2. The number of aliphatic hydroxyl groups is 1. The van der Waals surface area contributed by atoms with Gasteiger partial charge in [0.15, 0.2) is 0 Å². The molecule has 0 radical (unpaired) electrons. The van der Waals surface area contributed by atoms with Crippen molar-refractivity contribution in [1.29, 1.82) is 0 Å². The van der Waals surface area contributed by atoms with Crippen LogP contribution in [0.25, 0.3) is 10.9 Å². The third-order valence-electron chi connectivity index (χ3n) is 13.1. The fourth-order valence-corrected chi connectivity index (χ4v) is 11.0. The molecule has 5 aromatic rings. The molecule has 1 fully saturated rings. The fraction of sp³-hybridized carbons (Fsp3) is 0.382. The van der Waals surface area contributed by atoms with Crippen molar-refractivity contribution in [3.63, 3.8) is 0 Å². The number of carboxylic acids is 1. The molecule has 1 saturated heterocycles. The maximum absolute atomic E-state index is 15.0. The van der Waals surface area contributed by atoms with E-state index in [9.17, 15) is 43.8 Å². The quantitative estimate of drug-likeness (QED) is 0.0557. The van der Waals surface area contributed by atoms with Gasteiger partial charge in [-0.15, -0.1) is 0 Å². The Morgan fingerprint density at radius 3 is 1.55 bits per heavy atom. The fourth-order valence-electron chi connectivity index (χ4n) is 8.75. The molecule has 410 valence electrons. The maximum atomic E-state index is 15.0. The summed E-state index contributed by atoms with van der Waals surface area (Å²) in [6.07, 6.45) is 0.751. The van der Waals surface area contributed by atoms with Gasteiger partial charge in [-0.25, -0.2) is 4.79 Å². The first-order chi connectivity index (χ1) is 37.0. The molecule has 10 atom stereocenters. The van der Waals surface area contributed by atoms with E-state index in [0.29, 0.717) is 35.1 Å². The zero-order valence-corrected chi connectivity index (χ0v) is 44.4. The van der Waals surface area contributed by atoms with E-state index in [4.69, 9.17) is 11.5 Å². The molecule has 14 N–H and O–H groups in total. The molecule has 0 aliphatic carbocycles. The predicted molar refractivity (Wildman–Crippen MR) is 296 cm³/mol. The third-order valence-corrected chi connectivity index (χ3v) is 15.5. The first-order valence-electron chi connectivity index (χ1n) is 25.4. The second-order valence-electron chi connectivity index (χ2n) is 19.0. The Bertz CT molecular complexity index is 2790. The number of nitrogens with one attached hydrogen (secondary N) is 8. The number of aliphatic carboxylic acids is 1. The van der Waals surface area contributed by atoms with Crippen molar-refractivity contribution in [2.45, 2.75) is 113 Å². The van der Waals surface area contributed by atoms with Crippen LogP contribution in [0, 0.1) is 0 Å². The van der Waals surface area contributed by atoms with Gasteiger partial charge < -0.3 is 63.9 Å². The molecular weight excluding hydrogens is 1020 g/mol. The molecule has 20 nitrogen and oxygen atoms in total. The van der Waals surface area contributed by atoms with Crippen molar-refractivity contribution >= 4 is 79.8 Å². The number of carbonyl (C=O) groups excluding carboxylic acids is 7. The number of benzene rings is 4. The van der Waals surface area contributed by atoms with Gasteiger partial charge in [-0.1, -0.05) is 138 Å². The van der Waals surface area contributed by atoms with Crippen LogP contribution in [0.3, 0.4) is 0 Å². The molecule has 0 bridgehead atoms. The lowest BCUT2D eigenvalue weighted by atomic mass is 9.91. The topological polar surface area (TPSA) is 329 Å². The van der Waals surface area contributed by atoms with E-state index in [2.05, 4.69) is 42.2 Å². The smallest absolute Gasteiger partial charge is 0.327 e. The molecule has 4 aromatic carbocycles. The minimum Gasteiger partial charge on any atom is -0.480 e. The summed E-state index contributed by atoms with van der Waals surface area (Å²) in [6, 6.07) is 22.5. The number of unbranched alkanes of at least 4 members (excludes halogenated alkanes) is 1. The Balaban J connectivity index is 1.41. The zero-order valence-electron chi connectivity index (χ0n) is 42.8. The highest BCUT2D eigenvalue weighted by Crippen LogP contribution is 2.29. The van der Waals surface area contributed by atoms with Gasteiger partial charge in [0.25, 0.3) is 0 Å². The van der Waals surface area contributed by atoms with Crippen LogP contribution in [-0.2, 0) is 57.6 Å². The lowest BCUT2D eigenvalue weighted by molar-refractivity contribution is -0.141. The van der Waals surface area contributed by atoms with Crippen molar-refractivity contribution in [2.24, 2.45) is 11.5 Å². The molecule has 0 spiro atoms. The lowest BCUT2D eigenvalue weighted by Gasteiger charge is -2.30. The van der Waals surface area contributed by atoms with E-state index in [0.717, 1.165) is 32.5 Å². The van der Waals surface area contributed by atoms with Gasteiger partial charge in [0.1, 0.15) is 42.3 Å². The van der Waals surface area contributed by atoms with Crippen LogP contribution in [0.15, 0.2) is 121 Å². The van der Waals surface area contributed by atoms with Crippen LogP contribution in [0.2, 0.25) is 0 Å². The SMILES string of the molecule is C[C@H](c1c[nH]c2ccccc12)[C@H]1NC(=O)[C@H](Cc2ccccc2)NC(=O)[C@H](Cc2ccccc2)NC(=O)[C@@H](N)CSSC[C@@H](C(=O)O)NC(=O)[C@H](Cc2ccccc2)NC(=O)[C@H]([C@@H](C)O)NC(=O)[C@H](CCCCN)NC1=O. The van der Waals surface area contributed by atoms with E-state index >= 15 is 4.79 Å². The first kappa shape index (κ1) is 59.0. The Morgan fingerprint density at radius 1 is 0.558 bits per heavy atom. The number of hydrogen-bond acceptors (Lipinski definition) is 13. The Morgan fingerprint density at radius 2 is 1.00 bits per heavy atom. The number of amides is 7. The number of hydrogen-bond donors (Lipinski definition) is 12. The van der Waals surface area contributed by atoms with E-state index < -0.39 is 108 Å². The average molecular weight is 1090 g/mol. The number of carboxylic acid groups (broad SMARTS) is 1. The van der Waals surface area contributed by atoms with Crippen LogP contribution in [0.1, 0.15) is 61.3 Å². The van der Waals surface area contributed by atoms with Gasteiger partial charge in [0, 0.05) is 53.8 Å². The van der Waals surface area contributed by atoms with Crippen molar-refractivity contribution in [3.8, 4) is 0 Å². The van der Waals surface area contributed by atoms with Gasteiger partial charge in [-0.3, -0.25) is 33.6 Å². The highest BCUT2D eigenvalue weighted by atomic mass is 33.1. The molecule has 0 saturated carbocycles. The number of aromatic nitrogens is 1. The molecule has 0 unspecified atom stereocenters. The summed E-state index contributed by atoms with van der Waals surface area (Å²) < 4.78 is 0. The van der Waals surface area contributed by atoms with Crippen LogP contribution < -0.4 is 48.7 Å². The molecule has 1 aliphatic rings. The minimum absolute atomic E-state index is 0.00182. The van der Waals surface area contributed by atoms with Crippen molar-refractivity contribution in [1.82, 2.24) is 42.2 Å². The van der Waals surface area contributed by atoms with Crippen LogP contribution in [0.5, 0.6) is 0 Å². The maximum Gasteiger partial charge on any atom is 0.327 e. The average Bonchev–Trinajstić information content (AvgIpc) is 3.87. The molecule has 7 amide bonds. The van der Waals surface area contributed by atoms with Crippen LogP contribution in [0.4, 0.5) is 0 Å². The van der Waals surface area contributed by atoms with Crippen molar-refractivity contribution in [2.75, 3.05) is 18.1 Å². The largest absolute Gasteiger partial charge is 0.480 e. The highest BCUT2D eigenvalue weighted by molar-refractivity contribution is 8.76. The van der Waals surface area contributed by atoms with E-state index in [1.165, 1.54) is 6.92 Å². The monoisotopic (exact) mass is 1090 g/mol. The van der Waals surface area contributed by atoms with Gasteiger partial charge in [-0.05, 0) is 61.1 Å². The predicted octanol–water partition coefficient (Wildman–Crippen LogP) is 1.71. The molecule has 6 rings (SSSR count). The molecule has 22 heteroatoms. The van der Waals surface area contributed by atoms with Gasteiger partial charge >= 0.3 is 5.97 Å². The summed E-state index contributed by atoms with van der Waals surface area (Å²) in [4.78, 5) is 117. The summed E-state index contributed by atoms with van der Waals surface area (Å²) in [5.41, 5.74) is 15.6. The van der Waals surface area contributed by atoms with Crippen LogP contribution in [-0.4, -0.2) is 135 Å². The summed E-state index contributed by atoms with van der Waals surface area (Å²) in [5.74, 6) is -8.23. The number of carbonyl (C=O) groups is 8. The molecule has 1 aromatic heterocycles. The van der Waals surface area contributed by atoms with Crippen molar-refractivity contribution in [3.05, 3.63) is 144 Å². The number of aromatic amines is 1. The molecule has 1 aliphatic heterocycles. The van der Waals surface area contributed by atoms with Gasteiger partial charge in [0.2, 0.25) is 41.4 Å². The normalized spacial score (nSPS) is 23.9. The standard InChI is InChI=1S/C55H68N10O10S2/c1-32(38-29-58-40-23-13-12-22-37(38)40)46-53(72)59-41(24-14-15-25-56)49(68)65-47(33(2)66)54(73)62-43(27-35-18-8-4-9-19-35)51(70)63-45(55(74)75)31-77-76-30-39(57)48(67)60-42(26-34-16-6-3-7-17-34)50(69)61-44(52(71)64-46)28-36-20-10-5-11-21-36/h3-13,16-23,29,32-33,39,41-47,58,66H,14-15,24-28,30-31,56-57H2,1-2H3,(H,59,72)(H,60,67)(H,61,69)(H,62,73)(H,63,70)(H,64,71)(H,65,68)(H,74,75)/t32-,33-,39+,41+,42+,43+,44+,45+,46-,47+/m1/s1. The van der Waals surface area contributed by atoms with Gasteiger partial charge in [0.05, 0.1) is 12.1 Å². The number of aliphatic hydroxyl groups excluding tert-OH is 1. The van der Waals surface area contributed by atoms with Crippen molar-refractivity contribution < 1.29 is 48.6 Å². The third kappa shape index (κ3) is 17.4. The Kier molecular flexibility index (Phi) is 22.5. The lowest BCUT2D eigenvalue weighted by Crippen LogP contribution is -2.62. The van der Waals surface area contributed by atoms with E-state index in [-0.39, 0.29) is 43.7 Å². The molecule has 2 heterocycles. The van der Waals surface area contributed by atoms with E-state index in [1.54, 1.807) is 104 Å². The number of para-hydroxylation sites is 1. The van der Waals surface area contributed by atoms with E-state index in [1.807, 2.05) is 24.3 Å². The second-order valence-corrected chi connectivity index (χ2v) is 21.5. The Labute approximate surface area is 454 Å². The number of rotatable bonds is 14. The summed E-state index contributed by atoms with van der Waals surface area (Å²) >= 11 is 0. The highest BCUT2D eigenvalue weighted by Gasteiger charge is 2.38. The molecule has 77 heavy (non-hydrogen) atoms. The summed E-state index contributed by atoms with van der Waals surface area (Å²) in [7, 11) is 2.07. The molecular formula is C55H68N10O10S2. The number of fused-ring (bicyclic) bond motifs is 1. The summed E-state index contributed by atoms with van der Waals surface area (Å²) in [6.45, 7) is 3.23. The minimum atomic E-state index is -1.70. The van der Waals surface area contributed by atoms with Crippen LogP contribution >= 0.6 is 21.6 Å². The number of H-pyrrole nitrogens is 1. The first-order valence-corrected chi connectivity index (χ1v) is 27.9.